The van der Waals surface area contributed by atoms with E-state index in [0.717, 1.165) is 37.9 Å². The molecule has 19 heavy (non-hydrogen) atoms. The molecule has 0 bridgehead atoms. The summed E-state index contributed by atoms with van der Waals surface area (Å²) >= 11 is 0. The fraction of sp³-hybridized carbons (Fsp3) is 0.625. The van der Waals surface area contributed by atoms with Crippen LogP contribution in [0.4, 0.5) is 4.39 Å². The second-order valence-corrected chi connectivity index (χ2v) is 5.99. The van der Waals surface area contributed by atoms with E-state index < -0.39 is 0 Å². The van der Waals surface area contributed by atoms with Crippen molar-refractivity contribution >= 4 is 0 Å². The molecule has 0 spiro atoms. The molecule has 106 valence electrons. The predicted octanol–water partition coefficient (Wildman–Crippen LogP) is 2.83. The quantitative estimate of drug-likeness (QED) is 0.899. The number of nitrogens with zero attached hydrogens (tertiary/aromatic N) is 1. The summed E-state index contributed by atoms with van der Waals surface area (Å²) in [4.78, 5) is 2.48. The number of rotatable bonds is 4. The fourth-order valence-corrected chi connectivity index (χ4v) is 2.82. The topological polar surface area (TPSA) is 15.3 Å². The van der Waals surface area contributed by atoms with Crippen LogP contribution in [0.5, 0.6) is 0 Å². The van der Waals surface area contributed by atoms with Gasteiger partial charge in [-0.2, -0.15) is 0 Å². The van der Waals surface area contributed by atoms with Gasteiger partial charge in [0.05, 0.1) is 0 Å². The van der Waals surface area contributed by atoms with Crippen molar-refractivity contribution in [3.8, 4) is 0 Å². The lowest BCUT2D eigenvalue weighted by Crippen LogP contribution is -2.52. The Hall–Kier alpha value is -0.930. The van der Waals surface area contributed by atoms with Gasteiger partial charge in [0.1, 0.15) is 5.82 Å². The van der Waals surface area contributed by atoms with Crippen molar-refractivity contribution in [1.29, 1.82) is 0 Å². The van der Waals surface area contributed by atoms with Crippen molar-refractivity contribution in [2.24, 2.45) is 0 Å². The maximum Gasteiger partial charge on any atom is 0.126 e. The summed E-state index contributed by atoms with van der Waals surface area (Å²) in [6.45, 7) is 6.67. The summed E-state index contributed by atoms with van der Waals surface area (Å²) in [7, 11) is 2.04. The molecule has 0 amide bonds. The van der Waals surface area contributed by atoms with Crippen molar-refractivity contribution < 1.29 is 4.39 Å². The van der Waals surface area contributed by atoms with Gasteiger partial charge in [-0.05, 0) is 51.8 Å². The Balaban J connectivity index is 1.92. The fourth-order valence-electron chi connectivity index (χ4n) is 2.82. The molecule has 3 heteroatoms. The summed E-state index contributed by atoms with van der Waals surface area (Å²) < 4.78 is 13.7. The normalized spacial score (nSPS) is 21.3. The van der Waals surface area contributed by atoms with Crippen molar-refractivity contribution in [2.45, 2.75) is 44.7 Å². The van der Waals surface area contributed by atoms with Gasteiger partial charge in [0.25, 0.3) is 0 Å². The number of hydrogen-bond acceptors (Lipinski definition) is 2. The monoisotopic (exact) mass is 264 g/mol. The highest BCUT2D eigenvalue weighted by atomic mass is 19.1. The molecular weight excluding hydrogens is 239 g/mol. The van der Waals surface area contributed by atoms with Crippen LogP contribution in [0.3, 0.4) is 0 Å². The van der Waals surface area contributed by atoms with E-state index in [-0.39, 0.29) is 11.4 Å². The van der Waals surface area contributed by atoms with Crippen LogP contribution in [0.1, 0.15) is 32.3 Å². The minimum absolute atomic E-state index is 0.0774. The molecule has 2 rings (SSSR count). The molecule has 0 saturated carbocycles. The lowest BCUT2D eigenvalue weighted by atomic mass is 9.89. The number of hydrogen-bond donors (Lipinski definition) is 1. The Labute approximate surface area is 116 Å². The molecule has 2 nitrogen and oxygen atoms in total. The van der Waals surface area contributed by atoms with E-state index in [1.54, 1.807) is 12.1 Å². The lowest BCUT2D eigenvalue weighted by Gasteiger charge is -2.41. The number of piperidine rings is 1. The number of halogens is 1. The van der Waals surface area contributed by atoms with Crippen LogP contribution in [0, 0.1) is 5.82 Å². The van der Waals surface area contributed by atoms with E-state index in [2.05, 4.69) is 24.1 Å². The Bertz CT molecular complexity index is 411. The Morgan fingerprint density at radius 3 is 2.53 bits per heavy atom. The summed E-state index contributed by atoms with van der Waals surface area (Å²) in [5.74, 6) is -0.0774. The molecule has 1 unspecified atom stereocenters. The van der Waals surface area contributed by atoms with Gasteiger partial charge >= 0.3 is 0 Å². The molecular formula is C16H25FN2. The standard InChI is InChI=1S/C16H25FN2/c1-13(12-14-6-4-5-7-15(14)17)19-10-8-16(2,18-3)9-11-19/h4-7,13,18H,8-12H2,1-3H3. The van der Waals surface area contributed by atoms with Crippen LogP contribution in [0.25, 0.3) is 0 Å². The van der Waals surface area contributed by atoms with Crippen molar-refractivity contribution in [3.63, 3.8) is 0 Å². The maximum atomic E-state index is 13.7. The van der Waals surface area contributed by atoms with Crippen LogP contribution in [0.15, 0.2) is 24.3 Å². The first-order valence-corrected chi connectivity index (χ1v) is 7.20. The number of likely N-dealkylation sites (tertiary alicyclic amines) is 1. The van der Waals surface area contributed by atoms with E-state index in [9.17, 15) is 4.39 Å². The van der Waals surface area contributed by atoms with Crippen LogP contribution in [0.2, 0.25) is 0 Å². The van der Waals surface area contributed by atoms with Gasteiger partial charge in [-0.15, -0.1) is 0 Å². The third-order valence-electron chi connectivity index (χ3n) is 4.60. The smallest absolute Gasteiger partial charge is 0.126 e. The molecule has 0 radical (unpaired) electrons. The Morgan fingerprint density at radius 2 is 1.95 bits per heavy atom. The van der Waals surface area contributed by atoms with E-state index in [0.29, 0.717) is 6.04 Å². The minimum Gasteiger partial charge on any atom is -0.314 e. The van der Waals surface area contributed by atoms with Gasteiger partial charge in [-0.25, -0.2) is 4.39 Å². The SMILES string of the molecule is CNC1(C)CCN(C(C)Cc2ccccc2F)CC1. The van der Waals surface area contributed by atoms with E-state index in [4.69, 9.17) is 0 Å². The average Bonchev–Trinajstić information content (AvgIpc) is 2.42. The number of benzene rings is 1. The third kappa shape index (κ3) is 3.54. The van der Waals surface area contributed by atoms with E-state index in [1.165, 1.54) is 0 Å². The van der Waals surface area contributed by atoms with Crippen LogP contribution in [-0.2, 0) is 6.42 Å². The summed E-state index contributed by atoms with van der Waals surface area (Å²) in [5.41, 5.74) is 1.10. The minimum atomic E-state index is -0.0774. The Morgan fingerprint density at radius 1 is 1.32 bits per heavy atom. The molecule has 1 atom stereocenters. The first kappa shape index (κ1) is 14.5. The zero-order valence-corrected chi connectivity index (χ0v) is 12.2. The highest BCUT2D eigenvalue weighted by Crippen LogP contribution is 2.23. The van der Waals surface area contributed by atoms with Gasteiger partial charge in [0, 0.05) is 24.7 Å². The van der Waals surface area contributed by atoms with Gasteiger partial charge in [-0.3, -0.25) is 0 Å². The molecule has 1 fully saturated rings. The zero-order chi connectivity index (χ0) is 13.9. The van der Waals surface area contributed by atoms with Crippen molar-refractivity contribution in [2.75, 3.05) is 20.1 Å². The lowest BCUT2D eigenvalue weighted by molar-refractivity contribution is 0.116. The molecule has 0 aliphatic carbocycles. The summed E-state index contributed by atoms with van der Waals surface area (Å²) in [5, 5.41) is 3.41. The molecule has 1 aromatic carbocycles. The molecule has 1 aliphatic heterocycles. The molecule has 1 aliphatic rings. The highest BCUT2D eigenvalue weighted by Gasteiger charge is 2.30. The molecule has 0 aromatic heterocycles. The highest BCUT2D eigenvalue weighted by molar-refractivity contribution is 5.18. The zero-order valence-electron chi connectivity index (χ0n) is 12.2. The maximum absolute atomic E-state index is 13.7. The van der Waals surface area contributed by atoms with Gasteiger partial charge < -0.3 is 10.2 Å². The van der Waals surface area contributed by atoms with E-state index in [1.807, 2.05) is 19.2 Å². The molecule has 1 saturated heterocycles. The summed E-state index contributed by atoms with van der Waals surface area (Å²) in [6, 6.07) is 7.52. The second kappa shape index (κ2) is 6.02. The van der Waals surface area contributed by atoms with Crippen LogP contribution >= 0.6 is 0 Å². The first-order valence-electron chi connectivity index (χ1n) is 7.20. The third-order valence-corrected chi connectivity index (χ3v) is 4.60. The molecule has 1 heterocycles. The first-order chi connectivity index (χ1) is 9.04. The van der Waals surface area contributed by atoms with Crippen LogP contribution < -0.4 is 5.32 Å². The Kier molecular flexibility index (Phi) is 4.58. The largest absolute Gasteiger partial charge is 0.314 e. The van der Waals surface area contributed by atoms with E-state index >= 15 is 0 Å². The summed E-state index contributed by atoms with van der Waals surface area (Å²) in [6.07, 6.45) is 3.11. The predicted molar refractivity (Wildman–Crippen MR) is 77.8 cm³/mol. The van der Waals surface area contributed by atoms with Crippen molar-refractivity contribution in [3.05, 3.63) is 35.6 Å². The molecule has 1 N–H and O–H groups in total. The van der Waals surface area contributed by atoms with Gasteiger partial charge in [-0.1, -0.05) is 18.2 Å². The van der Waals surface area contributed by atoms with Crippen LogP contribution in [-0.4, -0.2) is 36.6 Å². The van der Waals surface area contributed by atoms with Crippen molar-refractivity contribution in [1.82, 2.24) is 10.2 Å². The van der Waals surface area contributed by atoms with Gasteiger partial charge in [0.2, 0.25) is 0 Å². The molecule has 1 aromatic rings. The second-order valence-electron chi connectivity index (χ2n) is 5.99. The van der Waals surface area contributed by atoms with Gasteiger partial charge in [0.15, 0.2) is 0 Å². The average molecular weight is 264 g/mol. The number of nitrogens with one attached hydrogen (secondary N) is 1.